The van der Waals surface area contributed by atoms with Crippen molar-refractivity contribution < 1.29 is 42.1 Å². The van der Waals surface area contributed by atoms with Crippen LogP contribution in [0.2, 0.25) is 0 Å². The molecule has 0 aromatic carbocycles. The molecule has 2 unspecified atom stereocenters. The maximum atomic E-state index is 12.6. The number of phosphoric ester groups is 1. The summed E-state index contributed by atoms with van der Waals surface area (Å²) in [7, 11) is 1.43. The SMILES string of the molecule is CC/C=C\C/C=C\C/C=C\C/C=C\CCC(=O)OC(COC(=O)CCCCCCCCCCCCCCCCCCCCCCC)COP(=O)(O)OCC[N+](C)(C)C. The first-order valence-electron chi connectivity index (χ1n) is 23.4. The summed E-state index contributed by atoms with van der Waals surface area (Å²) >= 11 is 0. The lowest BCUT2D eigenvalue weighted by molar-refractivity contribution is -0.870. The maximum Gasteiger partial charge on any atom is 0.472 e. The van der Waals surface area contributed by atoms with Gasteiger partial charge >= 0.3 is 19.8 Å². The van der Waals surface area contributed by atoms with E-state index >= 15 is 0 Å². The second kappa shape index (κ2) is 40.4. The van der Waals surface area contributed by atoms with Crippen molar-refractivity contribution in [1.82, 2.24) is 0 Å². The second-order valence-electron chi connectivity index (χ2n) is 16.8. The summed E-state index contributed by atoms with van der Waals surface area (Å²) in [4.78, 5) is 35.3. The van der Waals surface area contributed by atoms with Gasteiger partial charge in [-0.2, -0.15) is 0 Å². The third kappa shape index (κ3) is 43.5. The average molecular weight is 839 g/mol. The number of unbranched alkanes of at least 4 members (excludes halogenated alkanes) is 20. The highest BCUT2D eigenvalue weighted by atomic mass is 31.2. The molecule has 9 nitrogen and oxygen atoms in total. The number of ether oxygens (including phenoxy) is 2. The van der Waals surface area contributed by atoms with E-state index in [1.165, 1.54) is 116 Å². The summed E-state index contributed by atoms with van der Waals surface area (Å²) in [6.07, 6.45) is 47.6. The van der Waals surface area contributed by atoms with E-state index in [1.54, 1.807) is 0 Å². The van der Waals surface area contributed by atoms with Crippen LogP contribution < -0.4 is 0 Å². The standard InChI is InChI=1S/C48H88NO8P/c1-6-8-10-12-14-16-18-20-21-22-23-24-25-26-27-29-30-32-34-36-38-40-47(50)54-44-46(45-56-58(52,53)55-43-42-49(3,4)5)57-48(51)41-39-37-35-33-31-28-19-17-15-13-11-9-7-2/h9,11,15,17,28,31,35,37,46H,6-8,10,12-14,16,18-27,29-30,32-34,36,38-45H2,1-5H3/p+1/b11-9-,17-15-,31-28-,37-35-. The van der Waals surface area contributed by atoms with Crippen molar-refractivity contribution >= 4 is 19.8 Å². The number of hydrogen-bond donors (Lipinski definition) is 1. The summed E-state index contributed by atoms with van der Waals surface area (Å²) in [5.41, 5.74) is 0. The zero-order valence-corrected chi connectivity index (χ0v) is 38.9. The molecule has 0 aromatic rings. The Hall–Kier alpha value is -2.03. The lowest BCUT2D eigenvalue weighted by Crippen LogP contribution is -2.37. The molecule has 0 rings (SSSR count). The number of nitrogens with zero attached hydrogens (tertiary/aromatic N) is 1. The van der Waals surface area contributed by atoms with E-state index < -0.39 is 26.5 Å². The molecule has 58 heavy (non-hydrogen) atoms. The van der Waals surface area contributed by atoms with Crippen LogP contribution >= 0.6 is 7.82 Å². The fourth-order valence-corrected chi connectivity index (χ4v) is 7.01. The monoisotopic (exact) mass is 839 g/mol. The predicted octanol–water partition coefficient (Wildman–Crippen LogP) is 13.5. The van der Waals surface area contributed by atoms with Gasteiger partial charge in [0, 0.05) is 12.8 Å². The Bertz CT molecular complexity index is 1130. The van der Waals surface area contributed by atoms with E-state index in [9.17, 15) is 19.0 Å². The number of quaternary nitrogens is 1. The van der Waals surface area contributed by atoms with Gasteiger partial charge in [-0.15, -0.1) is 0 Å². The van der Waals surface area contributed by atoms with Gasteiger partial charge < -0.3 is 18.9 Å². The molecule has 0 saturated carbocycles. The van der Waals surface area contributed by atoms with Gasteiger partial charge in [0.1, 0.15) is 19.8 Å². The number of likely N-dealkylation sites (N-methyl/N-ethyl adjacent to an activating group) is 1. The fourth-order valence-electron chi connectivity index (χ4n) is 6.26. The van der Waals surface area contributed by atoms with Crippen LogP contribution in [0.15, 0.2) is 48.6 Å². The molecule has 1 N–H and O–H groups in total. The smallest absolute Gasteiger partial charge is 0.462 e. The molecule has 0 bridgehead atoms. The van der Waals surface area contributed by atoms with Gasteiger partial charge in [0.15, 0.2) is 6.10 Å². The van der Waals surface area contributed by atoms with Gasteiger partial charge in [-0.3, -0.25) is 18.6 Å². The van der Waals surface area contributed by atoms with Crippen molar-refractivity contribution in [3.8, 4) is 0 Å². The highest BCUT2D eigenvalue weighted by Crippen LogP contribution is 2.43. The molecule has 0 heterocycles. The van der Waals surface area contributed by atoms with E-state index in [4.69, 9.17) is 18.5 Å². The first-order chi connectivity index (χ1) is 28.0. The van der Waals surface area contributed by atoms with Crippen LogP contribution in [0.1, 0.15) is 194 Å². The van der Waals surface area contributed by atoms with Gasteiger partial charge in [-0.1, -0.05) is 191 Å². The van der Waals surface area contributed by atoms with E-state index in [-0.39, 0.29) is 32.0 Å². The Morgan fingerprint density at radius 2 is 0.983 bits per heavy atom. The summed E-state index contributed by atoms with van der Waals surface area (Å²) in [6, 6.07) is 0. The van der Waals surface area contributed by atoms with Crippen LogP contribution in [-0.2, 0) is 32.7 Å². The first-order valence-corrected chi connectivity index (χ1v) is 24.9. The summed E-state index contributed by atoms with van der Waals surface area (Å²) in [6.45, 7) is 4.24. The number of hydrogen-bond acceptors (Lipinski definition) is 7. The molecule has 0 fully saturated rings. The predicted molar refractivity (Wildman–Crippen MR) is 243 cm³/mol. The molecular weight excluding hydrogens is 750 g/mol. The fraction of sp³-hybridized carbons (Fsp3) is 0.792. The number of allylic oxidation sites excluding steroid dienone is 8. The summed E-state index contributed by atoms with van der Waals surface area (Å²) in [5, 5.41) is 0. The van der Waals surface area contributed by atoms with Crippen molar-refractivity contribution in [2.24, 2.45) is 0 Å². The van der Waals surface area contributed by atoms with Gasteiger partial charge in [-0.05, 0) is 38.5 Å². The van der Waals surface area contributed by atoms with Crippen molar-refractivity contribution in [2.45, 2.75) is 200 Å². The van der Waals surface area contributed by atoms with Crippen LogP contribution in [0.5, 0.6) is 0 Å². The van der Waals surface area contributed by atoms with E-state index in [0.717, 1.165) is 44.9 Å². The number of phosphoric acid groups is 1. The molecule has 338 valence electrons. The van der Waals surface area contributed by atoms with Crippen LogP contribution in [0.3, 0.4) is 0 Å². The number of carbonyl (C=O) groups excluding carboxylic acids is 2. The summed E-state index contributed by atoms with van der Waals surface area (Å²) < 4.78 is 34.2. The molecule has 0 saturated heterocycles. The van der Waals surface area contributed by atoms with Gasteiger partial charge in [-0.25, -0.2) is 4.57 Å². The Labute approximate surface area is 356 Å². The van der Waals surface area contributed by atoms with E-state index in [0.29, 0.717) is 17.4 Å². The molecule has 2 atom stereocenters. The maximum absolute atomic E-state index is 12.6. The number of carbonyl (C=O) groups is 2. The van der Waals surface area contributed by atoms with Gasteiger partial charge in [0.2, 0.25) is 0 Å². The van der Waals surface area contributed by atoms with Crippen LogP contribution in [-0.4, -0.2) is 74.9 Å². The van der Waals surface area contributed by atoms with Crippen molar-refractivity contribution in [1.29, 1.82) is 0 Å². The minimum atomic E-state index is -4.39. The van der Waals surface area contributed by atoms with Crippen molar-refractivity contribution in [3.05, 3.63) is 48.6 Å². The lowest BCUT2D eigenvalue weighted by Gasteiger charge is -2.24. The molecule has 0 spiro atoms. The molecule has 0 amide bonds. The number of rotatable bonds is 42. The molecule has 0 radical (unpaired) electrons. The minimum Gasteiger partial charge on any atom is -0.462 e. The van der Waals surface area contributed by atoms with Crippen molar-refractivity contribution in [2.75, 3.05) is 47.5 Å². The topological polar surface area (TPSA) is 108 Å². The lowest BCUT2D eigenvalue weighted by atomic mass is 10.0. The van der Waals surface area contributed by atoms with Crippen LogP contribution in [0, 0.1) is 0 Å². The molecule has 0 aliphatic carbocycles. The van der Waals surface area contributed by atoms with E-state index in [2.05, 4.69) is 50.3 Å². The van der Waals surface area contributed by atoms with E-state index in [1.807, 2.05) is 33.3 Å². The third-order valence-corrected chi connectivity index (χ3v) is 10.9. The minimum absolute atomic E-state index is 0.0189. The normalized spacial score (nSPS) is 14.0. The van der Waals surface area contributed by atoms with Crippen LogP contribution in [0.25, 0.3) is 0 Å². The van der Waals surface area contributed by atoms with Gasteiger partial charge in [0.25, 0.3) is 0 Å². The second-order valence-corrected chi connectivity index (χ2v) is 18.2. The summed E-state index contributed by atoms with van der Waals surface area (Å²) in [5.74, 6) is -0.889. The van der Waals surface area contributed by atoms with Gasteiger partial charge in [0.05, 0.1) is 27.7 Å². The zero-order chi connectivity index (χ0) is 42.8. The molecule has 0 aromatic heterocycles. The highest BCUT2D eigenvalue weighted by Gasteiger charge is 2.27. The largest absolute Gasteiger partial charge is 0.472 e. The quantitative estimate of drug-likeness (QED) is 0.0213. The van der Waals surface area contributed by atoms with Crippen molar-refractivity contribution in [3.63, 3.8) is 0 Å². The number of esters is 2. The Morgan fingerprint density at radius 3 is 1.43 bits per heavy atom. The highest BCUT2D eigenvalue weighted by molar-refractivity contribution is 7.47. The molecular formula is C48H89NO8P+. The van der Waals surface area contributed by atoms with Crippen LogP contribution in [0.4, 0.5) is 0 Å². The first kappa shape index (κ1) is 56.0. The molecule has 0 aliphatic rings. The Balaban J connectivity index is 4.29. The Morgan fingerprint density at radius 1 is 0.552 bits per heavy atom. The Kier molecular flexibility index (Phi) is 39.0. The average Bonchev–Trinajstić information content (AvgIpc) is 3.17. The zero-order valence-electron chi connectivity index (χ0n) is 38.0. The molecule has 10 heteroatoms. The molecule has 0 aliphatic heterocycles. The third-order valence-electron chi connectivity index (χ3n) is 9.89.